The van der Waals surface area contributed by atoms with Gasteiger partial charge in [-0.3, -0.25) is 4.79 Å². The zero-order valence-electron chi connectivity index (χ0n) is 13.8. The molecule has 0 aromatic heterocycles. The Labute approximate surface area is 128 Å². The van der Waals surface area contributed by atoms with E-state index in [2.05, 4.69) is 18.6 Å². The van der Waals surface area contributed by atoms with Crippen LogP contribution >= 0.6 is 0 Å². The van der Waals surface area contributed by atoms with Gasteiger partial charge in [-0.2, -0.15) is 17.0 Å². The molecule has 124 valence electrons. The summed E-state index contributed by atoms with van der Waals surface area (Å²) in [6.45, 7) is 4.58. The molecule has 0 N–H and O–H groups in total. The Balaban J connectivity index is 2.62. The first kappa shape index (κ1) is 18.4. The van der Waals surface area contributed by atoms with Crippen LogP contribution < -0.4 is 0 Å². The molecule has 0 unspecified atom stereocenters. The third-order valence-electron chi connectivity index (χ3n) is 4.44. The van der Waals surface area contributed by atoms with E-state index in [4.69, 9.17) is 0 Å². The molecule has 6 nitrogen and oxygen atoms in total. The van der Waals surface area contributed by atoms with Crippen LogP contribution in [0.1, 0.15) is 46.0 Å². The Morgan fingerprint density at radius 2 is 1.76 bits per heavy atom. The van der Waals surface area contributed by atoms with Crippen molar-refractivity contribution in [2.24, 2.45) is 5.41 Å². The Morgan fingerprint density at radius 3 is 2.24 bits per heavy atom. The number of hydrogen-bond acceptors (Lipinski definition) is 4. The quantitative estimate of drug-likeness (QED) is 0.698. The fourth-order valence-corrected chi connectivity index (χ4v) is 3.97. The van der Waals surface area contributed by atoms with E-state index in [1.807, 2.05) is 0 Å². The van der Waals surface area contributed by atoms with E-state index >= 15 is 0 Å². The number of ether oxygens (including phenoxy) is 1. The summed E-state index contributed by atoms with van der Waals surface area (Å²) in [5, 5.41) is 0. The first-order valence-electron chi connectivity index (χ1n) is 7.36. The molecule has 0 spiro atoms. The molecule has 1 aliphatic carbocycles. The zero-order chi connectivity index (χ0) is 16.3. The molecule has 0 aromatic rings. The van der Waals surface area contributed by atoms with Crippen molar-refractivity contribution in [2.45, 2.75) is 52.0 Å². The van der Waals surface area contributed by atoms with Crippen LogP contribution in [0.15, 0.2) is 0 Å². The second kappa shape index (κ2) is 7.07. The lowest BCUT2D eigenvalue weighted by Crippen LogP contribution is -2.47. The van der Waals surface area contributed by atoms with Gasteiger partial charge in [0.25, 0.3) is 10.2 Å². The molecule has 1 aliphatic rings. The van der Waals surface area contributed by atoms with Gasteiger partial charge >= 0.3 is 5.97 Å². The summed E-state index contributed by atoms with van der Waals surface area (Å²) >= 11 is 0. The molecular formula is C14H28N2O4S. The number of carbonyl (C=O) groups excluding carboxylic acids is 1. The van der Waals surface area contributed by atoms with Crippen molar-refractivity contribution >= 4 is 16.2 Å². The minimum absolute atomic E-state index is 0.0450. The van der Waals surface area contributed by atoms with Gasteiger partial charge < -0.3 is 4.74 Å². The first-order valence-corrected chi connectivity index (χ1v) is 8.76. The summed E-state index contributed by atoms with van der Waals surface area (Å²) < 4.78 is 32.2. The minimum Gasteiger partial charge on any atom is -0.469 e. The Bertz CT molecular complexity index is 452. The topological polar surface area (TPSA) is 66.9 Å². The third-order valence-corrected chi connectivity index (χ3v) is 6.44. The maximum Gasteiger partial charge on any atom is 0.306 e. The highest BCUT2D eigenvalue weighted by molar-refractivity contribution is 7.86. The van der Waals surface area contributed by atoms with Crippen molar-refractivity contribution in [1.82, 2.24) is 8.61 Å². The number of esters is 1. The summed E-state index contributed by atoms with van der Waals surface area (Å²) in [5.74, 6) is -0.404. The Morgan fingerprint density at radius 1 is 1.24 bits per heavy atom. The highest BCUT2D eigenvalue weighted by Gasteiger charge is 2.35. The molecule has 21 heavy (non-hydrogen) atoms. The maximum atomic E-state index is 12.5. The largest absolute Gasteiger partial charge is 0.469 e. The number of nitrogens with zero attached hydrogens (tertiary/aromatic N) is 2. The molecular weight excluding hydrogens is 292 g/mol. The molecule has 0 bridgehead atoms. The summed E-state index contributed by atoms with van der Waals surface area (Å²) in [7, 11) is 0.911. The van der Waals surface area contributed by atoms with Crippen molar-refractivity contribution in [3.8, 4) is 0 Å². The van der Waals surface area contributed by atoms with Crippen molar-refractivity contribution in [1.29, 1.82) is 0 Å². The molecule has 0 aromatic carbocycles. The average Bonchev–Trinajstić information content (AvgIpc) is 2.43. The van der Waals surface area contributed by atoms with Crippen LogP contribution in [0.2, 0.25) is 0 Å². The van der Waals surface area contributed by atoms with Crippen LogP contribution in [-0.2, 0) is 19.7 Å². The predicted molar refractivity (Wildman–Crippen MR) is 82.0 cm³/mol. The number of rotatable bonds is 6. The molecule has 1 saturated carbocycles. The van der Waals surface area contributed by atoms with Gasteiger partial charge in [-0.15, -0.1) is 0 Å². The van der Waals surface area contributed by atoms with Gasteiger partial charge in [-0.25, -0.2) is 0 Å². The predicted octanol–water partition coefficient (Wildman–Crippen LogP) is 1.63. The van der Waals surface area contributed by atoms with Gasteiger partial charge in [0.05, 0.1) is 13.5 Å². The second-order valence-electron chi connectivity index (χ2n) is 6.57. The Hall–Kier alpha value is -0.660. The average molecular weight is 320 g/mol. The van der Waals surface area contributed by atoms with Crippen molar-refractivity contribution in [2.75, 3.05) is 27.7 Å². The molecule has 0 radical (unpaired) electrons. The summed E-state index contributed by atoms with van der Waals surface area (Å²) in [6, 6.07) is 0.0450. The lowest BCUT2D eigenvalue weighted by atomic mass is 9.76. The van der Waals surface area contributed by atoms with Crippen LogP contribution in [0, 0.1) is 5.41 Å². The van der Waals surface area contributed by atoms with Gasteiger partial charge in [0.1, 0.15) is 0 Å². The van der Waals surface area contributed by atoms with E-state index in [-0.39, 0.29) is 19.0 Å². The van der Waals surface area contributed by atoms with E-state index in [1.54, 1.807) is 7.05 Å². The van der Waals surface area contributed by atoms with Gasteiger partial charge in [0, 0.05) is 26.7 Å². The number of carbonyl (C=O) groups is 1. The van der Waals surface area contributed by atoms with Gasteiger partial charge in [0.2, 0.25) is 0 Å². The van der Waals surface area contributed by atoms with Crippen molar-refractivity contribution in [3.05, 3.63) is 0 Å². The van der Waals surface area contributed by atoms with Crippen LogP contribution in [0.5, 0.6) is 0 Å². The standard InChI is InChI=1S/C14H28N2O4S/c1-14(2)9-6-12(7-10-14)16(4)21(18,19)15(3)11-8-13(17)20-5/h12H,6-11H2,1-5H3. The van der Waals surface area contributed by atoms with Gasteiger partial charge in [-0.1, -0.05) is 13.8 Å². The molecule has 1 fully saturated rings. The second-order valence-corrected chi connectivity index (χ2v) is 8.66. The van der Waals surface area contributed by atoms with Crippen LogP contribution in [0.25, 0.3) is 0 Å². The lowest BCUT2D eigenvalue weighted by molar-refractivity contribution is -0.140. The monoisotopic (exact) mass is 320 g/mol. The van der Waals surface area contributed by atoms with Crippen LogP contribution in [0.3, 0.4) is 0 Å². The normalized spacial score (nSPS) is 20.0. The van der Waals surface area contributed by atoms with E-state index in [0.717, 1.165) is 25.7 Å². The van der Waals surface area contributed by atoms with Crippen LogP contribution in [-0.4, -0.2) is 56.8 Å². The summed E-state index contributed by atoms with van der Waals surface area (Å²) in [6.07, 6.45) is 3.89. The Kier molecular flexibility index (Phi) is 6.19. The molecule has 0 aliphatic heterocycles. The van der Waals surface area contributed by atoms with E-state index in [0.29, 0.717) is 5.41 Å². The van der Waals surface area contributed by atoms with Gasteiger partial charge in [-0.05, 0) is 31.1 Å². The number of hydrogen-bond donors (Lipinski definition) is 0. The van der Waals surface area contributed by atoms with Crippen molar-refractivity contribution in [3.63, 3.8) is 0 Å². The van der Waals surface area contributed by atoms with Crippen molar-refractivity contribution < 1.29 is 17.9 Å². The lowest BCUT2D eigenvalue weighted by Gasteiger charge is -2.39. The molecule has 0 heterocycles. The molecule has 7 heteroatoms. The molecule has 1 rings (SSSR count). The molecule has 0 atom stereocenters. The minimum atomic E-state index is -3.52. The first-order chi connectivity index (χ1) is 9.60. The molecule has 0 saturated heterocycles. The van der Waals surface area contributed by atoms with E-state index in [1.165, 1.54) is 22.8 Å². The SMILES string of the molecule is COC(=O)CCN(C)S(=O)(=O)N(C)C1CCC(C)(C)CC1. The highest BCUT2D eigenvalue weighted by atomic mass is 32.2. The van der Waals surface area contributed by atoms with E-state index in [9.17, 15) is 13.2 Å². The fraction of sp³-hybridized carbons (Fsp3) is 0.929. The number of methoxy groups -OCH3 is 1. The van der Waals surface area contributed by atoms with E-state index < -0.39 is 16.2 Å². The summed E-state index contributed by atoms with van der Waals surface area (Å²) in [4.78, 5) is 11.1. The smallest absolute Gasteiger partial charge is 0.306 e. The van der Waals surface area contributed by atoms with Gasteiger partial charge in [0.15, 0.2) is 0 Å². The maximum absolute atomic E-state index is 12.5. The highest BCUT2D eigenvalue weighted by Crippen LogP contribution is 2.37. The van der Waals surface area contributed by atoms with Crippen LogP contribution in [0.4, 0.5) is 0 Å². The molecule has 0 amide bonds. The third kappa shape index (κ3) is 4.93. The summed E-state index contributed by atoms with van der Waals surface area (Å²) in [5.41, 5.74) is 0.303. The fourth-order valence-electron chi connectivity index (χ4n) is 2.62. The zero-order valence-corrected chi connectivity index (χ0v) is 14.6.